The first-order valence-corrected chi connectivity index (χ1v) is 8.00. The van der Waals surface area contributed by atoms with Crippen LogP contribution in [0, 0.1) is 0 Å². The Balaban J connectivity index is 4.44. The summed E-state index contributed by atoms with van der Waals surface area (Å²) in [5.74, 6) is 0. The maximum Gasteiger partial charge on any atom is 0.264 e. The molecule has 0 aliphatic heterocycles. The zero-order chi connectivity index (χ0) is 13.0. The van der Waals surface area contributed by atoms with Crippen LogP contribution in [0.1, 0.15) is 0 Å². The minimum atomic E-state index is -3.64. The number of rotatable bonds is 7. The number of nitrogens with zero attached hydrogens (tertiary/aromatic N) is 1. The first-order valence-electron chi connectivity index (χ1n) is 4.37. The first kappa shape index (κ1) is 15.8. The van der Waals surface area contributed by atoms with E-state index in [9.17, 15) is 16.8 Å². The highest BCUT2D eigenvalue weighted by Crippen LogP contribution is 2.02. The third kappa shape index (κ3) is 10.3. The van der Waals surface area contributed by atoms with Gasteiger partial charge >= 0.3 is 0 Å². The monoisotopic (exact) mass is 275 g/mol. The van der Waals surface area contributed by atoms with Crippen molar-refractivity contribution >= 4 is 20.2 Å². The maximum absolute atomic E-state index is 10.9. The predicted octanol–water partition coefficient (Wildman–Crippen LogP) is -1.13. The van der Waals surface area contributed by atoms with Crippen molar-refractivity contribution in [1.29, 1.82) is 0 Å². The van der Waals surface area contributed by atoms with Crippen molar-refractivity contribution in [1.82, 2.24) is 4.90 Å². The zero-order valence-corrected chi connectivity index (χ0v) is 11.3. The molecule has 0 unspecified atom stereocenters. The molecule has 7 nitrogen and oxygen atoms in total. The fraction of sp³-hybridized carbons (Fsp3) is 1.00. The van der Waals surface area contributed by atoms with Crippen LogP contribution in [0.5, 0.6) is 0 Å². The molecule has 98 valence electrons. The largest absolute Gasteiger partial charge is 0.307 e. The highest BCUT2D eigenvalue weighted by atomic mass is 32.2. The molecule has 0 aliphatic rings. The Bertz CT molecular complexity index is 399. The van der Waals surface area contributed by atoms with Crippen LogP contribution in [0.3, 0.4) is 0 Å². The average Bonchev–Trinajstić information content (AvgIpc) is 1.94. The van der Waals surface area contributed by atoms with Crippen molar-refractivity contribution in [3.8, 4) is 0 Å². The van der Waals surface area contributed by atoms with Crippen LogP contribution >= 0.6 is 0 Å². The Hall–Kier alpha value is -0.220. The highest BCUT2D eigenvalue weighted by Gasteiger charge is 2.19. The molecular formula is C7H17NO6S2. The summed E-state index contributed by atoms with van der Waals surface area (Å²) in [7, 11) is -3.83. The average molecular weight is 275 g/mol. The summed E-state index contributed by atoms with van der Waals surface area (Å²) in [6.07, 6.45) is 0.940. The molecule has 0 aliphatic carbocycles. The van der Waals surface area contributed by atoms with Crippen LogP contribution in [0.15, 0.2) is 0 Å². The van der Waals surface area contributed by atoms with Gasteiger partial charge in [0.1, 0.15) is 6.10 Å². The molecule has 0 fully saturated rings. The van der Waals surface area contributed by atoms with Gasteiger partial charge in [-0.15, -0.1) is 0 Å². The second kappa shape index (κ2) is 5.92. The van der Waals surface area contributed by atoms with E-state index in [-0.39, 0.29) is 13.2 Å². The van der Waals surface area contributed by atoms with Gasteiger partial charge < -0.3 is 4.90 Å². The molecule has 0 saturated carbocycles. The molecule has 0 bridgehead atoms. The minimum Gasteiger partial charge on any atom is -0.307 e. The zero-order valence-electron chi connectivity index (χ0n) is 9.70. The molecule has 0 rings (SSSR count). The van der Waals surface area contributed by atoms with Crippen molar-refractivity contribution in [2.45, 2.75) is 6.10 Å². The van der Waals surface area contributed by atoms with Crippen LogP contribution in [-0.2, 0) is 28.6 Å². The van der Waals surface area contributed by atoms with E-state index in [4.69, 9.17) is 0 Å². The lowest BCUT2D eigenvalue weighted by atomic mass is 10.4. The van der Waals surface area contributed by atoms with Crippen molar-refractivity contribution in [2.24, 2.45) is 0 Å². The standard InChI is InChI=1S/C7H17NO6S2/c1-8(2)5-7(14-16(4,11)12)6-13-15(3,9)10/h7H,5-6H2,1-4H3/t7-/m0/s1. The van der Waals surface area contributed by atoms with Gasteiger partial charge in [0.05, 0.1) is 19.1 Å². The fourth-order valence-corrected chi connectivity index (χ4v) is 1.97. The fourth-order valence-electron chi connectivity index (χ4n) is 0.965. The van der Waals surface area contributed by atoms with Gasteiger partial charge in [-0.1, -0.05) is 0 Å². The van der Waals surface area contributed by atoms with E-state index in [1.54, 1.807) is 19.0 Å². The molecule has 0 heterocycles. The third-order valence-corrected chi connectivity index (χ3v) is 2.53. The van der Waals surface area contributed by atoms with E-state index in [2.05, 4.69) is 8.37 Å². The summed E-state index contributed by atoms with van der Waals surface area (Å²) >= 11 is 0. The van der Waals surface area contributed by atoms with Crippen molar-refractivity contribution < 1.29 is 25.2 Å². The molecule has 0 aromatic carbocycles. The van der Waals surface area contributed by atoms with Gasteiger partial charge in [0, 0.05) is 6.54 Å². The molecule has 0 aromatic rings. The molecule has 1 atom stereocenters. The summed E-state index contributed by atoms with van der Waals surface area (Å²) < 4.78 is 52.5. The van der Waals surface area contributed by atoms with Crippen LogP contribution in [-0.4, -0.2) is 67.6 Å². The van der Waals surface area contributed by atoms with Crippen LogP contribution < -0.4 is 0 Å². The summed E-state index contributed by atoms with van der Waals surface area (Å²) in [5, 5.41) is 0. The Kier molecular flexibility index (Phi) is 5.84. The van der Waals surface area contributed by atoms with Gasteiger partial charge in [0.25, 0.3) is 20.2 Å². The Morgan fingerprint density at radius 3 is 1.88 bits per heavy atom. The molecule has 0 spiro atoms. The molecule has 0 amide bonds. The first-order chi connectivity index (χ1) is 6.99. The molecule has 0 aromatic heterocycles. The highest BCUT2D eigenvalue weighted by molar-refractivity contribution is 7.86. The van der Waals surface area contributed by atoms with Crippen molar-refractivity contribution in [3.63, 3.8) is 0 Å². The third-order valence-electron chi connectivity index (χ3n) is 1.35. The van der Waals surface area contributed by atoms with Crippen molar-refractivity contribution in [2.75, 3.05) is 39.8 Å². The van der Waals surface area contributed by atoms with Gasteiger partial charge in [-0.2, -0.15) is 16.8 Å². The minimum absolute atomic E-state index is 0.239. The van der Waals surface area contributed by atoms with Crippen LogP contribution in [0.25, 0.3) is 0 Å². The Morgan fingerprint density at radius 2 is 1.56 bits per heavy atom. The van der Waals surface area contributed by atoms with E-state index in [1.165, 1.54) is 0 Å². The summed E-state index contributed by atoms with van der Waals surface area (Å²) in [6.45, 7) is -0.0906. The lowest BCUT2D eigenvalue weighted by Crippen LogP contribution is -2.34. The topological polar surface area (TPSA) is 90.0 Å². The normalized spacial score (nSPS) is 15.3. The van der Waals surface area contributed by atoms with E-state index in [1.807, 2.05) is 0 Å². The molecule has 0 N–H and O–H groups in total. The van der Waals surface area contributed by atoms with Crippen molar-refractivity contribution in [3.05, 3.63) is 0 Å². The van der Waals surface area contributed by atoms with Gasteiger partial charge in [-0.3, -0.25) is 8.37 Å². The quantitative estimate of drug-likeness (QED) is 0.543. The number of hydrogen-bond acceptors (Lipinski definition) is 7. The van der Waals surface area contributed by atoms with Crippen LogP contribution in [0.4, 0.5) is 0 Å². The molecule has 0 saturated heterocycles. The molecule has 9 heteroatoms. The van der Waals surface area contributed by atoms with Gasteiger partial charge in [0.15, 0.2) is 0 Å². The SMILES string of the molecule is CN(C)C[C@@H](COS(C)(=O)=O)OS(C)(=O)=O. The van der Waals surface area contributed by atoms with E-state index >= 15 is 0 Å². The van der Waals surface area contributed by atoms with Gasteiger partial charge in [0.2, 0.25) is 0 Å². The van der Waals surface area contributed by atoms with Gasteiger partial charge in [-0.25, -0.2) is 0 Å². The summed E-state index contributed by atoms with van der Waals surface area (Å²) in [5.41, 5.74) is 0. The lowest BCUT2D eigenvalue weighted by molar-refractivity contribution is 0.112. The smallest absolute Gasteiger partial charge is 0.264 e. The summed E-state index contributed by atoms with van der Waals surface area (Å²) in [4.78, 5) is 1.67. The Morgan fingerprint density at radius 1 is 1.06 bits per heavy atom. The van der Waals surface area contributed by atoms with Crippen LogP contribution in [0.2, 0.25) is 0 Å². The van der Waals surface area contributed by atoms with E-state index < -0.39 is 26.3 Å². The van der Waals surface area contributed by atoms with Gasteiger partial charge in [-0.05, 0) is 14.1 Å². The molecular weight excluding hydrogens is 258 g/mol. The number of likely N-dealkylation sites (N-methyl/N-ethyl adjacent to an activating group) is 1. The predicted molar refractivity (Wildman–Crippen MR) is 59.1 cm³/mol. The second-order valence-corrected chi connectivity index (χ2v) is 6.92. The second-order valence-electron chi connectivity index (χ2n) is 3.67. The molecule has 16 heavy (non-hydrogen) atoms. The lowest BCUT2D eigenvalue weighted by Gasteiger charge is -2.19. The number of hydrogen-bond donors (Lipinski definition) is 0. The summed E-state index contributed by atoms with van der Waals surface area (Å²) in [6, 6.07) is 0. The van der Waals surface area contributed by atoms with E-state index in [0.29, 0.717) is 0 Å². The maximum atomic E-state index is 10.9. The molecule has 0 radical (unpaired) electrons. The van der Waals surface area contributed by atoms with E-state index in [0.717, 1.165) is 12.5 Å². The Labute approximate surface area is 96.6 Å².